The van der Waals surface area contributed by atoms with E-state index in [1.54, 1.807) is 0 Å². The van der Waals surface area contributed by atoms with Crippen molar-refractivity contribution in [2.24, 2.45) is 0 Å². The van der Waals surface area contributed by atoms with Crippen molar-refractivity contribution in [3.8, 4) is 0 Å². The van der Waals surface area contributed by atoms with E-state index in [1.807, 2.05) is 0 Å². The Labute approximate surface area is 387 Å². The maximum atomic E-state index is 12.2. The minimum atomic E-state index is -0.788. The van der Waals surface area contributed by atoms with Gasteiger partial charge in [0.2, 0.25) is 0 Å². The Balaban J connectivity index is 3.67. The van der Waals surface area contributed by atoms with E-state index in [0.717, 1.165) is 128 Å². The summed E-state index contributed by atoms with van der Waals surface area (Å²) < 4.78 is 10.6. The summed E-state index contributed by atoms with van der Waals surface area (Å²) in [4.78, 5) is 24.3. The number of hydrogen-bond acceptors (Lipinski definition) is 5. The predicted molar refractivity (Wildman–Crippen MR) is 274 cm³/mol. The third kappa shape index (κ3) is 50.6. The number of rotatable bonds is 44. The molecule has 0 fully saturated rings. The van der Waals surface area contributed by atoms with Crippen LogP contribution in [0.1, 0.15) is 200 Å². The van der Waals surface area contributed by atoms with E-state index in [1.165, 1.54) is 44.9 Å². The molecule has 0 aliphatic rings. The van der Waals surface area contributed by atoms with Crippen LogP contribution >= 0.6 is 0 Å². The fourth-order valence-corrected chi connectivity index (χ4v) is 6.44. The van der Waals surface area contributed by atoms with Crippen LogP contribution in [0.3, 0.4) is 0 Å². The first-order chi connectivity index (χ1) is 31.1. The lowest BCUT2D eigenvalue weighted by Crippen LogP contribution is -2.28. The summed E-state index contributed by atoms with van der Waals surface area (Å²) in [5.41, 5.74) is 0. The number of esters is 2. The number of carbonyl (C=O) groups excluding carboxylic acids is 2. The van der Waals surface area contributed by atoms with Crippen LogP contribution in [0.15, 0.2) is 134 Å². The number of allylic oxidation sites excluding steroid dienone is 22. The zero-order chi connectivity index (χ0) is 45.6. The molecule has 5 heteroatoms. The summed E-state index contributed by atoms with van der Waals surface area (Å²) in [5, 5.41) is 9.57. The molecule has 0 aliphatic heterocycles. The lowest BCUT2D eigenvalue weighted by molar-refractivity contribution is -0.161. The second-order valence-corrected chi connectivity index (χ2v) is 16.2. The predicted octanol–water partition coefficient (Wildman–Crippen LogP) is 16.9. The normalized spacial score (nSPS) is 13.4. The van der Waals surface area contributed by atoms with Crippen molar-refractivity contribution in [2.45, 2.75) is 206 Å². The van der Waals surface area contributed by atoms with Crippen molar-refractivity contribution >= 4 is 11.9 Å². The van der Waals surface area contributed by atoms with Crippen LogP contribution in [0, 0.1) is 0 Å². The van der Waals surface area contributed by atoms with Crippen LogP contribution in [0.5, 0.6) is 0 Å². The van der Waals surface area contributed by atoms with E-state index in [-0.39, 0.29) is 25.2 Å². The Hall–Kier alpha value is -3.96. The van der Waals surface area contributed by atoms with Gasteiger partial charge in [-0.2, -0.15) is 0 Å². The van der Waals surface area contributed by atoms with Gasteiger partial charge in [-0.15, -0.1) is 0 Å². The number of hydrogen-bond donors (Lipinski definition) is 1. The van der Waals surface area contributed by atoms with Crippen LogP contribution < -0.4 is 0 Å². The van der Waals surface area contributed by atoms with Crippen LogP contribution in [0.25, 0.3) is 0 Å². The Bertz CT molecular complexity index is 1350. The second-order valence-electron chi connectivity index (χ2n) is 16.2. The highest BCUT2D eigenvalue weighted by Gasteiger charge is 2.16. The first-order valence-corrected chi connectivity index (χ1v) is 25.2. The summed E-state index contributed by atoms with van der Waals surface area (Å²) in [6, 6.07) is 0. The standard InChI is InChI=1S/C58H92O5/c1-3-5-7-9-11-13-15-16-17-18-19-20-21-22-23-24-25-26-27-28-29-30-31-32-33-34-35-36-37-38-39-40-41-42-43-45-47-49-51-53-58(61)63-56(54-59)55-62-57(60)52-50-48-46-44-14-12-10-8-6-4-2/h5,7,11,13,16-17,19-20,22-23,25-26,28-29,31-32,34-35,37-38,40-41,56,59H,3-4,6,8-10,12,14-15,18,21,24,27,30,33,36,39,42-55H2,1-2H3/b7-5-,13-11-,17-16-,20-19-,23-22-,26-25-,29-28-,32-31-,35-34-,38-37-,41-40-. The number of aliphatic hydroxyl groups is 1. The molecule has 0 amide bonds. The average Bonchev–Trinajstić information content (AvgIpc) is 3.29. The molecule has 0 saturated carbocycles. The van der Waals surface area contributed by atoms with Gasteiger partial charge in [0.05, 0.1) is 6.61 Å². The van der Waals surface area contributed by atoms with Crippen molar-refractivity contribution in [1.82, 2.24) is 0 Å². The van der Waals surface area contributed by atoms with Gasteiger partial charge in [0.15, 0.2) is 6.10 Å². The lowest BCUT2D eigenvalue weighted by atomic mass is 10.1. The summed E-state index contributed by atoms with van der Waals surface area (Å²) in [6.45, 7) is 3.98. The highest BCUT2D eigenvalue weighted by atomic mass is 16.6. The molecule has 0 heterocycles. The molecule has 63 heavy (non-hydrogen) atoms. The topological polar surface area (TPSA) is 72.8 Å². The largest absolute Gasteiger partial charge is 0.462 e. The molecular weight excluding hydrogens is 777 g/mol. The van der Waals surface area contributed by atoms with E-state index in [0.29, 0.717) is 12.8 Å². The molecule has 0 rings (SSSR count). The number of aliphatic hydroxyl groups excluding tert-OH is 1. The Kier molecular flexibility index (Phi) is 49.1. The highest BCUT2D eigenvalue weighted by molar-refractivity contribution is 5.70. The van der Waals surface area contributed by atoms with Gasteiger partial charge >= 0.3 is 11.9 Å². The molecule has 1 atom stereocenters. The molecule has 1 N–H and O–H groups in total. The molecular formula is C58H92O5. The van der Waals surface area contributed by atoms with Crippen molar-refractivity contribution in [3.63, 3.8) is 0 Å². The molecule has 0 aromatic carbocycles. The van der Waals surface area contributed by atoms with Crippen LogP contribution in [-0.4, -0.2) is 36.4 Å². The summed E-state index contributed by atoms with van der Waals surface area (Å²) in [6.07, 6.45) is 78.4. The molecule has 5 nitrogen and oxygen atoms in total. The molecule has 0 aliphatic carbocycles. The second kappa shape index (κ2) is 52.4. The van der Waals surface area contributed by atoms with Crippen LogP contribution in [-0.2, 0) is 19.1 Å². The molecule has 0 saturated heterocycles. The minimum absolute atomic E-state index is 0.0796. The Morgan fingerprint density at radius 1 is 0.381 bits per heavy atom. The van der Waals surface area contributed by atoms with Crippen molar-refractivity contribution < 1.29 is 24.2 Å². The molecule has 0 spiro atoms. The van der Waals surface area contributed by atoms with Gasteiger partial charge in [0.1, 0.15) is 6.61 Å². The van der Waals surface area contributed by atoms with E-state index in [2.05, 4.69) is 148 Å². The summed E-state index contributed by atoms with van der Waals surface area (Å²) in [5.74, 6) is -0.623. The fraction of sp³-hybridized carbons (Fsp3) is 0.586. The first-order valence-electron chi connectivity index (χ1n) is 25.2. The van der Waals surface area contributed by atoms with Gasteiger partial charge in [-0.3, -0.25) is 9.59 Å². The third-order valence-corrected chi connectivity index (χ3v) is 10.2. The highest BCUT2D eigenvalue weighted by Crippen LogP contribution is 2.13. The third-order valence-electron chi connectivity index (χ3n) is 10.2. The maximum absolute atomic E-state index is 12.2. The van der Waals surface area contributed by atoms with Crippen molar-refractivity contribution in [2.75, 3.05) is 13.2 Å². The van der Waals surface area contributed by atoms with Gasteiger partial charge in [0.25, 0.3) is 0 Å². The van der Waals surface area contributed by atoms with Crippen molar-refractivity contribution in [1.29, 1.82) is 0 Å². The number of ether oxygens (including phenoxy) is 2. The summed E-state index contributed by atoms with van der Waals surface area (Å²) in [7, 11) is 0. The van der Waals surface area contributed by atoms with E-state index >= 15 is 0 Å². The van der Waals surface area contributed by atoms with Gasteiger partial charge in [0, 0.05) is 12.8 Å². The molecule has 0 bridgehead atoms. The van der Waals surface area contributed by atoms with E-state index in [4.69, 9.17) is 9.47 Å². The zero-order valence-electron chi connectivity index (χ0n) is 40.3. The van der Waals surface area contributed by atoms with Gasteiger partial charge in [-0.25, -0.2) is 0 Å². The maximum Gasteiger partial charge on any atom is 0.306 e. The van der Waals surface area contributed by atoms with Gasteiger partial charge in [-0.1, -0.05) is 225 Å². The summed E-state index contributed by atoms with van der Waals surface area (Å²) >= 11 is 0. The Morgan fingerprint density at radius 2 is 0.683 bits per heavy atom. The lowest BCUT2D eigenvalue weighted by Gasteiger charge is -2.15. The SMILES string of the molecule is CC/C=C\C/C=C\C/C=C\C/C=C\C/C=C\C/C=C\C/C=C\C/C=C\C/C=C\C/C=C\C/C=C\CCCCCCCC(=O)OC(CO)COC(=O)CCCCCCCCCCCC. The van der Waals surface area contributed by atoms with Crippen LogP contribution in [0.2, 0.25) is 0 Å². The van der Waals surface area contributed by atoms with Crippen molar-refractivity contribution in [3.05, 3.63) is 134 Å². The molecule has 354 valence electrons. The smallest absolute Gasteiger partial charge is 0.306 e. The van der Waals surface area contributed by atoms with E-state index < -0.39 is 6.10 Å². The zero-order valence-corrected chi connectivity index (χ0v) is 40.3. The first kappa shape index (κ1) is 59.0. The monoisotopic (exact) mass is 869 g/mol. The van der Waals surface area contributed by atoms with E-state index in [9.17, 15) is 14.7 Å². The minimum Gasteiger partial charge on any atom is -0.462 e. The van der Waals surface area contributed by atoms with Gasteiger partial charge < -0.3 is 14.6 Å². The quantitative estimate of drug-likeness (QED) is 0.0375. The Morgan fingerprint density at radius 3 is 1.03 bits per heavy atom. The number of carbonyl (C=O) groups is 2. The number of unbranched alkanes of at least 4 members (excludes halogenated alkanes) is 14. The molecule has 0 aromatic heterocycles. The van der Waals surface area contributed by atoms with Crippen LogP contribution in [0.4, 0.5) is 0 Å². The molecule has 1 unspecified atom stereocenters. The fourth-order valence-electron chi connectivity index (χ4n) is 6.44. The average molecular weight is 869 g/mol. The molecule has 0 aromatic rings. The van der Waals surface area contributed by atoms with Gasteiger partial charge in [-0.05, 0) is 96.3 Å². The molecule has 0 radical (unpaired) electrons.